The number of hydrogen-bond donors (Lipinski definition) is 1. The van der Waals surface area contributed by atoms with Gasteiger partial charge in [0.1, 0.15) is 0 Å². The summed E-state index contributed by atoms with van der Waals surface area (Å²) in [5.41, 5.74) is 0. The molecule has 6 heteroatoms. The molecule has 0 aromatic rings. The molecule has 1 heterocycles. The Kier molecular flexibility index (Phi) is 6.84. The van der Waals surface area contributed by atoms with Crippen molar-refractivity contribution in [3.05, 3.63) is 0 Å². The summed E-state index contributed by atoms with van der Waals surface area (Å²) in [5, 5.41) is 3.21. The minimum absolute atomic E-state index is 0.221. The van der Waals surface area contributed by atoms with Gasteiger partial charge in [0.05, 0.1) is 5.75 Å². The number of unbranched alkanes of at least 4 members (excludes halogenated alkanes) is 1. The average molecular weight is 280 g/mol. The molecule has 0 saturated carbocycles. The van der Waals surface area contributed by atoms with E-state index in [0.717, 1.165) is 43.9 Å². The van der Waals surface area contributed by atoms with Gasteiger partial charge >= 0.3 is 0 Å². The summed E-state index contributed by atoms with van der Waals surface area (Å²) in [5.74, 6) is 2.33. The van der Waals surface area contributed by atoms with Crippen molar-refractivity contribution in [1.82, 2.24) is 9.62 Å². The van der Waals surface area contributed by atoms with E-state index >= 15 is 0 Å². The number of rotatable bonds is 8. The summed E-state index contributed by atoms with van der Waals surface area (Å²) in [6.45, 7) is 3.92. The molecule has 0 amide bonds. The number of nitrogens with zero attached hydrogens (tertiary/aromatic N) is 1. The lowest BCUT2D eigenvalue weighted by molar-refractivity contribution is 0.393. The van der Waals surface area contributed by atoms with Crippen LogP contribution in [-0.2, 0) is 10.0 Å². The third-order valence-electron chi connectivity index (χ3n) is 3.11. The van der Waals surface area contributed by atoms with Crippen LogP contribution < -0.4 is 5.32 Å². The van der Waals surface area contributed by atoms with Crippen LogP contribution in [0.1, 0.15) is 26.2 Å². The highest BCUT2D eigenvalue weighted by atomic mass is 32.2. The molecule has 1 aliphatic heterocycles. The quantitative estimate of drug-likeness (QED) is 0.678. The number of nitrogens with one attached hydrogen (secondary N) is 1. The predicted octanol–water partition coefficient (Wildman–Crippen LogP) is 1.14. The molecular formula is C11H24N2O2S2. The van der Waals surface area contributed by atoms with Crippen LogP contribution in [0.25, 0.3) is 0 Å². The second kappa shape index (κ2) is 7.61. The lowest BCUT2D eigenvalue weighted by Crippen LogP contribution is -2.38. The van der Waals surface area contributed by atoms with Crippen molar-refractivity contribution >= 4 is 21.8 Å². The molecule has 1 saturated heterocycles. The van der Waals surface area contributed by atoms with E-state index < -0.39 is 10.0 Å². The third kappa shape index (κ3) is 5.16. The van der Waals surface area contributed by atoms with Gasteiger partial charge in [0, 0.05) is 18.8 Å². The molecule has 4 nitrogen and oxygen atoms in total. The van der Waals surface area contributed by atoms with Gasteiger partial charge in [0.2, 0.25) is 10.0 Å². The van der Waals surface area contributed by atoms with E-state index in [4.69, 9.17) is 0 Å². The molecule has 1 rings (SSSR count). The fraction of sp³-hybridized carbons (Fsp3) is 1.00. The molecule has 1 unspecified atom stereocenters. The van der Waals surface area contributed by atoms with E-state index in [0.29, 0.717) is 0 Å². The van der Waals surface area contributed by atoms with Gasteiger partial charge in [0.25, 0.3) is 0 Å². The summed E-state index contributed by atoms with van der Waals surface area (Å²) in [4.78, 5) is 0. The molecule has 1 fully saturated rings. The molecule has 0 bridgehead atoms. The number of thioether (sulfide) groups is 1. The maximum atomic E-state index is 12.0. The van der Waals surface area contributed by atoms with E-state index in [9.17, 15) is 8.42 Å². The van der Waals surface area contributed by atoms with Crippen LogP contribution in [0.3, 0.4) is 0 Å². The maximum absolute atomic E-state index is 12.0. The SMILES string of the molecule is CCNCCCCS(=O)(=O)N(C)C1CCSC1. The zero-order chi connectivity index (χ0) is 12.7. The molecule has 0 aromatic heterocycles. The molecular weight excluding hydrogens is 256 g/mol. The van der Waals surface area contributed by atoms with E-state index in [1.54, 1.807) is 11.4 Å². The summed E-state index contributed by atoms with van der Waals surface area (Å²) in [6, 6.07) is 0.221. The first-order chi connectivity index (χ1) is 8.08. The lowest BCUT2D eigenvalue weighted by atomic mass is 10.3. The van der Waals surface area contributed by atoms with Crippen LogP contribution in [0.15, 0.2) is 0 Å². The number of hydrogen-bond acceptors (Lipinski definition) is 4. The summed E-state index contributed by atoms with van der Waals surface area (Å²) in [6.07, 6.45) is 2.68. The van der Waals surface area contributed by atoms with Crippen LogP contribution >= 0.6 is 11.8 Å². The smallest absolute Gasteiger partial charge is 0.214 e. The molecule has 0 aliphatic carbocycles. The zero-order valence-corrected chi connectivity index (χ0v) is 12.4. The normalized spacial score (nSPS) is 21.2. The zero-order valence-electron chi connectivity index (χ0n) is 10.8. The fourth-order valence-corrected chi connectivity index (χ4v) is 4.74. The molecule has 102 valence electrons. The summed E-state index contributed by atoms with van der Waals surface area (Å²) < 4.78 is 25.7. The molecule has 0 spiro atoms. The average Bonchev–Trinajstić information content (AvgIpc) is 2.81. The first kappa shape index (κ1) is 15.3. The van der Waals surface area contributed by atoms with E-state index in [1.165, 1.54) is 0 Å². The van der Waals surface area contributed by atoms with Gasteiger partial charge in [-0.05, 0) is 38.1 Å². The van der Waals surface area contributed by atoms with Crippen LogP contribution in [-0.4, -0.2) is 56.2 Å². The number of sulfonamides is 1. The molecule has 1 aliphatic rings. The van der Waals surface area contributed by atoms with Crippen molar-refractivity contribution in [2.75, 3.05) is 37.4 Å². The molecule has 0 aromatic carbocycles. The standard InChI is InChI=1S/C11H24N2O2S2/c1-3-12-7-4-5-9-17(14,15)13(2)11-6-8-16-10-11/h11-12H,3-10H2,1-2H3. The van der Waals surface area contributed by atoms with E-state index in [1.807, 2.05) is 11.8 Å². The first-order valence-corrected chi connectivity index (χ1v) is 9.08. The molecule has 17 heavy (non-hydrogen) atoms. The minimum Gasteiger partial charge on any atom is -0.317 e. The van der Waals surface area contributed by atoms with Crippen molar-refractivity contribution in [2.45, 2.75) is 32.2 Å². The van der Waals surface area contributed by atoms with Crippen molar-refractivity contribution in [3.8, 4) is 0 Å². The topological polar surface area (TPSA) is 49.4 Å². The van der Waals surface area contributed by atoms with Crippen molar-refractivity contribution < 1.29 is 8.42 Å². The highest BCUT2D eigenvalue weighted by molar-refractivity contribution is 7.99. The van der Waals surface area contributed by atoms with Gasteiger partial charge < -0.3 is 5.32 Å². The Morgan fingerprint density at radius 1 is 1.41 bits per heavy atom. The second-order valence-corrected chi connectivity index (χ2v) is 7.71. The second-order valence-electron chi connectivity index (χ2n) is 4.41. The predicted molar refractivity (Wildman–Crippen MR) is 75.1 cm³/mol. The fourth-order valence-electron chi connectivity index (χ4n) is 1.89. The van der Waals surface area contributed by atoms with Crippen molar-refractivity contribution in [1.29, 1.82) is 0 Å². The van der Waals surface area contributed by atoms with Gasteiger partial charge in [-0.25, -0.2) is 12.7 Å². The Bertz CT molecular complexity index is 301. The highest BCUT2D eigenvalue weighted by Gasteiger charge is 2.28. The molecule has 0 radical (unpaired) electrons. The lowest BCUT2D eigenvalue weighted by Gasteiger charge is -2.23. The highest BCUT2D eigenvalue weighted by Crippen LogP contribution is 2.23. The van der Waals surface area contributed by atoms with Gasteiger partial charge in [-0.1, -0.05) is 6.92 Å². The summed E-state index contributed by atoms with van der Waals surface area (Å²) >= 11 is 1.85. The van der Waals surface area contributed by atoms with Crippen LogP contribution in [0.2, 0.25) is 0 Å². The Morgan fingerprint density at radius 3 is 2.76 bits per heavy atom. The monoisotopic (exact) mass is 280 g/mol. The third-order valence-corrected chi connectivity index (χ3v) is 6.24. The Labute approximate surface area is 110 Å². The van der Waals surface area contributed by atoms with Crippen molar-refractivity contribution in [3.63, 3.8) is 0 Å². The van der Waals surface area contributed by atoms with Gasteiger partial charge in [-0.3, -0.25) is 0 Å². The van der Waals surface area contributed by atoms with E-state index in [-0.39, 0.29) is 11.8 Å². The van der Waals surface area contributed by atoms with Gasteiger partial charge in [-0.15, -0.1) is 0 Å². The van der Waals surface area contributed by atoms with Crippen molar-refractivity contribution in [2.24, 2.45) is 0 Å². The molecule has 1 N–H and O–H groups in total. The van der Waals surface area contributed by atoms with Crippen LogP contribution in [0, 0.1) is 0 Å². The maximum Gasteiger partial charge on any atom is 0.214 e. The molecule has 1 atom stereocenters. The Morgan fingerprint density at radius 2 is 2.18 bits per heavy atom. The van der Waals surface area contributed by atoms with Gasteiger partial charge in [-0.2, -0.15) is 11.8 Å². The Hall–Kier alpha value is 0.220. The largest absolute Gasteiger partial charge is 0.317 e. The van der Waals surface area contributed by atoms with E-state index in [2.05, 4.69) is 12.2 Å². The Balaban J connectivity index is 2.29. The minimum atomic E-state index is -3.04. The van der Waals surface area contributed by atoms with Crippen LogP contribution in [0.4, 0.5) is 0 Å². The van der Waals surface area contributed by atoms with Gasteiger partial charge in [0.15, 0.2) is 0 Å². The van der Waals surface area contributed by atoms with Crippen LogP contribution in [0.5, 0.6) is 0 Å². The first-order valence-electron chi connectivity index (χ1n) is 6.32. The summed E-state index contributed by atoms with van der Waals surface area (Å²) in [7, 11) is -1.31.